The Bertz CT molecular complexity index is 605. The predicted octanol–water partition coefficient (Wildman–Crippen LogP) is 2.95. The maximum Gasteiger partial charge on any atom is 0.138 e. The number of nitrogen functional groups attached to an aromatic ring is 1. The molecule has 1 aromatic carbocycles. The number of nitrogens with zero attached hydrogens (tertiary/aromatic N) is 2. The molecule has 0 bridgehead atoms. The monoisotopic (exact) mass is 265 g/mol. The molecule has 0 radical (unpaired) electrons. The van der Waals surface area contributed by atoms with E-state index in [0.29, 0.717) is 16.6 Å². The van der Waals surface area contributed by atoms with Gasteiger partial charge < -0.3 is 10.5 Å². The summed E-state index contributed by atoms with van der Waals surface area (Å²) in [6.45, 7) is 3.97. The van der Waals surface area contributed by atoms with Crippen LogP contribution in [0, 0.1) is 13.8 Å². The lowest BCUT2D eigenvalue weighted by Crippen LogP contribution is -2.00. The van der Waals surface area contributed by atoms with Crippen molar-refractivity contribution < 1.29 is 4.74 Å². The fourth-order valence-electron chi connectivity index (χ4n) is 2.13. The highest BCUT2D eigenvalue weighted by atomic mass is 35.5. The van der Waals surface area contributed by atoms with Crippen molar-refractivity contribution in [1.29, 1.82) is 0 Å². The summed E-state index contributed by atoms with van der Waals surface area (Å²) in [4.78, 5) is 0. The van der Waals surface area contributed by atoms with Crippen LogP contribution in [0.25, 0.3) is 11.1 Å². The lowest BCUT2D eigenvalue weighted by molar-refractivity contribution is 0.414. The highest BCUT2D eigenvalue weighted by Gasteiger charge is 2.17. The quantitative estimate of drug-likeness (QED) is 0.908. The summed E-state index contributed by atoms with van der Waals surface area (Å²) >= 11 is 6.29. The number of methoxy groups -OCH3 is 1. The normalized spacial score (nSPS) is 10.7. The summed E-state index contributed by atoms with van der Waals surface area (Å²) in [5.41, 5.74) is 9.95. The molecule has 0 aliphatic carbocycles. The SMILES string of the molecule is COc1cc(C)c(-c2cnn(C)c2N)c(C)c1Cl. The number of aromatic nitrogens is 2. The Kier molecular flexibility index (Phi) is 3.22. The second kappa shape index (κ2) is 4.53. The van der Waals surface area contributed by atoms with Gasteiger partial charge in [0, 0.05) is 12.6 Å². The first-order valence-electron chi connectivity index (χ1n) is 5.59. The summed E-state index contributed by atoms with van der Waals surface area (Å²) in [7, 11) is 3.42. The molecule has 0 aliphatic rings. The lowest BCUT2D eigenvalue weighted by Gasteiger charge is -2.14. The lowest BCUT2D eigenvalue weighted by atomic mass is 9.97. The standard InChI is InChI=1S/C13H16ClN3O/c1-7-5-10(18-4)12(14)8(2)11(7)9-6-16-17(3)13(9)15/h5-6H,15H2,1-4H3. The molecule has 1 heterocycles. The fraction of sp³-hybridized carbons (Fsp3) is 0.308. The van der Waals surface area contributed by atoms with Crippen LogP contribution in [0.1, 0.15) is 11.1 Å². The zero-order valence-corrected chi connectivity index (χ0v) is 11.7. The molecular formula is C13H16ClN3O. The third kappa shape index (κ3) is 1.82. The van der Waals surface area contributed by atoms with E-state index in [1.165, 1.54) is 0 Å². The van der Waals surface area contributed by atoms with Crippen molar-refractivity contribution in [2.45, 2.75) is 13.8 Å². The van der Waals surface area contributed by atoms with Gasteiger partial charge in [-0.25, -0.2) is 0 Å². The Morgan fingerprint density at radius 2 is 2.06 bits per heavy atom. The number of hydrogen-bond donors (Lipinski definition) is 1. The van der Waals surface area contributed by atoms with Gasteiger partial charge in [-0.15, -0.1) is 0 Å². The van der Waals surface area contributed by atoms with Gasteiger partial charge in [0.25, 0.3) is 0 Å². The van der Waals surface area contributed by atoms with E-state index < -0.39 is 0 Å². The molecular weight excluding hydrogens is 250 g/mol. The number of aryl methyl sites for hydroxylation is 2. The second-order valence-electron chi connectivity index (χ2n) is 4.28. The molecule has 0 amide bonds. The second-order valence-corrected chi connectivity index (χ2v) is 4.65. The molecule has 18 heavy (non-hydrogen) atoms. The Balaban J connectivity index is 2.73. The molecule has 5 heteroatoms. The van der Waals surface area contributed by atoms with Gasteiger partial charge in [0.05, 0.1) is 18.3 Å². The molecule has 0 saturated heterocycles. The topological polar surface area (TPSA) is 53.1 Å². The average Bonchev–Trinajstić information content (AvgIpc) is 2.66. The molecule has 0 saturated carbocycles. The zero-order valence-electron chi connectivity index (χ0n) is 10.9. The van der Waals surface area contributed by atoms with Gasteiger partial charge in [-0.05, 0) is 36.6 Å². The van der Waals surface area contributed by atoms with E-state index in [4.69, 9.17) is 22.1 Å². The third-order valence-corrected chi connectivity index (χ3v) is 3.61. The molecule has 2 rings (SSSR count). The average molecular weight is 266 g/mol. The minimum Gasteiger partial charge on any atom is -0.495 e. The van der Waals surface area contributed by atoms with E-state index >= 15 is 0 Å². The number of hydrogen-bond acceptors (Lipinski definition) is 3. The molecule has 4 nitrogen and oxygen atoms in total. The van der Waals surface area contributed by atoms with Crippen LogP contribution in [0.4, 0.5) is 5.82 Å². The molecule has 0 spiro atoms. The van der Waals surface area contributed by atoms with Crippen molar-refractivity contribution >= 4 is 17.4 Å². The number of anilines is 1. The molecule has 0 atom stereocenters. The first kappa shape index (κ1) is 12.8. The third-order valence-electron chi connectivity index (χ3n) is 3.14. The van der Waals surface area contributed by atoms with Crippen LogP contribution >= 0.6 is 11.6 Å². The minimum absolute atomic E-state index is 0.612. The van der Waals surface area contributed by atoms with Crippen LogP contribution in [-0.2, 0) is 7.05 Å². The van der Waals surface area contributed by atoms with Crippen LogP contribution in [0.5, 0.6) is 5.75 Å². The highest BCUT2D eigenvalue weighted by molar-refractivity contribution is 6.33. The molecule has 2 aromatic rings. The summed E-state index contributed by atoms with van der Waals surface area (Å²) in [6, 6.07) is 1.91. The summed E-state index contributed by atoms with van der Waals surface area (Å²) in [6.07, 6.45) is 1.76. The van der Waals surface area contributed by atoms with Gasteiger partial charge in [-0.2, -0.15) is 5.10 Å². The van der Waals surface area contributed by atoms with Gasteiger partial charge >= 0.3 is 0 Å². The Morgan fingerprint density at radius 1 is 1.39 bits per heavy atom. The number of ether oxygens (including phenoxy) is 1. The van der Waals surface area contributed by atoms with Gasteiger partial charge in [-0.3, -0.25) is 4.68 Å². The van der Waals surface area contributed by atoms with Crippen molar-refractivity contribution in [3.05, 3.63) is 28.4 Å². The largest absolute Gasteiger partial charge is 0.495 e. The predicted molar refractivity (Wildman–Crippen MR) is 74.1 cm³/mol. The van der Waals surface area contributed by atoms with Gasteiger partial charge in [0.1, 0.15) is 11.6 Å². The zero-order chi connectivity index (χ0) is 13.4. The Labute approximate surface area is 111 Å². The van der Waals surface area contributed by atoms with Crippen LogP contribution in [-0.4, -0.2) is 16.9 Å². The first-order chi connectivity index (χ1) is 8.47. The van der Waals surface area contributed by atoms with E-state index in [1.807, 2.05) is 27.0 Å². The summed E-state index contributed by atoms with van der Waals surface area (Å²) in [5, 5.41) is 4.78. The van der Waals surface area contributed by atoms with Crippen molar-refractivity contribution in [3.63, 3.8) is 0 Å². The first-order valence-corrected chi connectivity index (χ1v) is 5.96. The maximum atomic E-state index is 6.29. The number of nitrogens with two attached hydrogens (primary N) is 1. The number of rotatable bonds is 2. The summed E-state index contributed by atoms with van der Waals surface area (Å²) < 4.78 is 6.89. The Hall–Kier alpha value is -1.68. The van der Waals surface area contributed by atoms with Crippen molar-refractivity contribution in [3.8, 4) is 16.9 Å². The van der Waals surface area contributed by atoms with E-state index in [0.717, 1.165) is 22.3 Å². The highest BCUT2D eigenvalue weighted by Crippen LogP contribution is 2.39. The minimum atomic E-state index is 0.612. The molecule has 0 fully saturated rings. The van der Waals surface area contributed by atoms with Crippen molar-refractivity contribution in [2.75, 3.05) is 12.8 Å². The van der Waals surface area contributed by atoms with Crippen LogP contribution in [0.15, 0.2) is 12.3 Å². The van der Waals surface area contributed by atoms with E-state index in [-0.39, 0.29) is 0 Å². The van der Waals surface area contributed by atoms with E-state index in [9.17, 15) is 0 Å². The van der Waals surface area contributed by atoms with Crippen LogP contribution < -0.4 is 10.5 Å². The molecule has 96 valence electrons. The molecule has 0 unspecified atom stereocenters. The van der Waals surface area contributed by atoms with Crippen LogP contribution in [0.3, 0.4) is 0 Å². The molecule has 2 N–H and O–H groups in total. The van der Waals surface area contributed by atoms with Gasteiger partial charge in [0.2, 0.25) is 0 Å². The van der Waals surface area contributed by atoms with E-state index in [2.05, 4.69) is 5.10 Å². The number of halogens is 1. The number of benzene rings is 1. The van der Waals surface area contributed by atoms with E-state index in [1.54, 1.807) is 18.0 Å². The van der Waals surface area contributed by atoms with Gasteiger partial charge in [0.15, 0.2) is 0 Å². The van der Waals surface area contributed by atoms with Gasteiger partial charge in [-0.1, -0.05) is 11.6 Å². The molecule has 0 aliphatic heterocycles. The smallest absolute Gasteiger partial charge is 0.138 e. The molecule has 1 aromatic heterocycles. The van der Waals surface area contributed by atoms with Crippen molar-refractivity contribution in [1.82, 2.24) is 9.78 Å². The van der Waals surface area contributed by atoms with Crippen molar-refractivity contribution in [2.24, 2.45) is 7.05 Å². The fourth-order valence-corrected chi connectivity index (χ4v) is 2.35. The summed E-state index contributed by atoms with van der Waals surface area (Å²) in [5.74, 6) is 1.31. The maximum absolute atomic E-state index is 6.29. The van der Waals surface area contributed by atoms with Crippen LogP contribution in [0.2, 0.25) is 5.02 Å². The Morgan fingerprint density at radius 3 is 2.56 bits per heavy atom.